The zero-order valence-electron chi connectivity index (χ0n) is 27.8. The van der Waals surface area contributed by atoms with Crippen molar-refractivity contribution in [2.75, 3.05) is 0 Å². The van der Waals surface area contributed by atoms with Gasteiger partial charge in [-0.15, -0.1) is 11.3 Å². The second-order valence-electron chi connectivity index (χ2n) is 13.0. The van der Waals surface area contributed by atoms with Gasteiger partial charge in [-0.2, -0.15) is 0 Å². The van der Waals surface area contributed by atoms with Crippen LogP contribution in [0.25, 0.3) is 97.6 Å². The van der Waals surface area contributed by atoms with Crippen LogP contribution in [0.1, 0.15) is 0 Å². The van der Waals surface area contributed by atoms with Crippen LogP contribution in [-0.4, -0.2) is 4.98 Å². The SMILES string of the molecule is c1ccc(-c2c(-c3ccccc3)c3sc(-c4ccc(-c5ccc6ccc7ccccc7c6n5)cc4)c(-c4ccccc4)c3c3ccccc23)cc1. The second-order valence-corrected chi connectivity index (χ2v) is 14.1. The summed E-state index contributed by atoms with van der Waals surface area (Å²) in [5.74, 6) is 0. The third-order valence-corrected chi connectivity index (χ3v) is 11.3. The highest BCUT2D eigenvalue weighted by Gasteiger charge is 2.25. The molecule has 8 aromatic carbocycles. The van der Waals surface area contributed by atoms with Gasteiger partial charge in [0.15, 0.2) is 0 Å². The highest BCUT2D eigenvalue weighted by Crippen LogP contribution is 2.54. The van der Waals surface area contributed by atoms with E-state index in [1.54, 1.807) is 0 Å². The van der Waals surface area contributed by atoms with Crippen molar-refractivity contribution in [3.8, 4) is 55.1 Å². The van der Waals surface area contributed by atoms with Crippen molar-refractivity contribution in [3.63, 3.8) is 0 Å². The number of pyridine rings is 1. The highest BCUT2D eigenvalue weighted by atomic mass is 32.1. The average molecular weight is 666 g/mol. The minimum absolute atomic E-state index is 0.981. The van der Waals surface area contributed by atoms with Crippen molar-refractivity contribution in [1.29, 1.82) is 0 Å². The van der Waals surface area contributed by atoms with Gasteiger partial charge < -0.3 is 0 Å². The maximum absolute atomic E-state index is 5.20. The minimum Gasteiger partial charge on any atom is -0.247 e. The Kier molecular flexibility index (Phi) is 7.07. The summed E-state index contributed by atoms with van der Waals surface area (Å²) in [6, 6.07) is 67.9. The predicted molar refractivity (Wildman–Crippen MR) is 219 cm³/mol. The van der Waals surface area contributed by atoms with Crippen LogP contribution in [0.15, 0.2) is 188 Å². The Morgan fingerprint density at radius 1 is 0.333 bits per heavy atom. The maximum Gasteiger partial charge on any atom is 0.0787 e. The van der Waals surface area contributed by atoms with Crippen molar-refractivity contribution >= 4 is 53.9 Å². The van der Waals surface area contributed by atoms with Gasteiger partial charge in [0.05, 0.1) is 11.2 Å². The van der Waals surface area contributed by atoms with Crippen LogP contribution in [0, 0.1) is 0 Å². The van der Waals surface area contributed by atoms with Crippen molar-refractivity contribution in [1.82, 2.24) is 4.98 Å². The molecule has 0 fully saturated rings. The van der Waals surface area contributed by atoms with Crippen LogP contribution in [0.3, 0.4) is 0 Å². The van der Waals surface area contributed by atoms with E-state index in [1.807, 2.05) is 11.3 Å². The zero-order chi connectivity index (χ0) is 33.7. The topological polar surface area (TPSA) is 12.9 Å². The summed E-state index contributed by atoms with van der Waals surface area (Å²) in [5, 5.41) is 7.40. The van der Waals surface area contributed by atoms with E-state index in [9.17, 15) is 0 Å². The van der Waals surface area contributed by atoms with Gasteiger partial charge in [-0.3, -0.25) is 0 Å². The fourth-order valence-electron chi connectivity index (χ4n) is 7.71. The van der Waals surface area contributed by atoms with Crippen molar-refractivity contribution in [2.45, 2.75) is 0 Å². The van der Waals surface area contributed by atoms with Crippen molar-refractivity contribution < 1.29 is 0 Å². The number of rotatable bonds is 5. The average Bonchev–Trinajstić information content (AvgIpc) is 3.62. The summed E-state index contributed by atoms with van der Waals surface area (Å²) in [6.07, 6.45) is 0. The molecule has 2 aromatic heterocycles. The molecule has 0 amide bonds. The van der Waals surface area contributed by atoms with Crippen LogP contribution >= 0.6 is 11.3 Å². The largest absolute Gasteiger partial charge is 0.247 e. The summed E-state index contributed by atoms with van der Waals surface area (Å²) in [5.41, 5.74) is 11.9. The van der Waals surface area contributed by atoms with Crippen LogP contribution in [0.2, 0.25) is 0 Å². The normalized spacial score (nSPS) is 11.5. The lowest BCUT2D eigenvalue weighted by Gasteiger charge is -2.17. The first kappa shape index (κ1) is 29.6. The molecular formula is C49H31NS. The number of hydrogen-bond acceptors (Lipinski definition) is 2. The standard InChI is InChI=1S/C49H31NS/c1-4-15-34(16-5-1)43-40-22-12-13-23-41(40)46-45(36-19-8-3-9-20-36)48(51-49(46)44(43)35-17-6-2-7-18-35)38-28-25-33(26-29-38)42-31-30-37-27-24-32-14-10-11-21-39(32)47(37)50-42/h1-31H. The van der Waals surface area contributed by atoms with E-state index in [4.69, 9.17) is 4.98 Å². The molecule has 0 spiro atoms. The lowest BCUT2D eigenvalue weighted by atomic mass is 9.86. The van der Waals surface area contributed by atoms with Gasteiger partial charge in [0.25, 0.3) is 0 Å². The van der Waals surface area contributed by atoms with E-state index in [0.29, 0.717) is 0 Å². The first-order valence-corrected chi connectivity index (χ1v) is 18.2. The molecule has 0 aliphatic heterocycles. The summed E-state index contributed by atoms with van der Waals surface area (Å²) in [4.78, 5) is 6.47. The van der Waals surface area contributed by atoms with Crippen LogP contribution < -0.4 is 0 Å². The Balaban J connectivity index is 1.24. The molecule has 0 saturated carbocycles. The van der Waals surface area contributed by atoms with Crippen molar-refractivity contribution in [3.05, 3.63) is 188 Å². The molecule has 10 rings (SSSR count). The molecule has 0 aliphatic carbocycles. The Hall–Kier alpha value is -6.35. The Morgan fingerprint density at radius 2 is 0.843 bits per heavy atom. The summed E-state index contributed by atoms with van der Waals surface area (Å²) in [6.45, 7) is 0. The monoisotopic (exact) mass is 665 g/mol. The predicted octanol–water partition coefficient (Wildman–Crippen LogP) is 14.1. The fourth-order valence-corrected chi connectivity index (χ4v) is 9.13. The molecule has 0 radical (unpaired) electrons. The molecule has 0 saturated heterocycles. The number of hydrogen-bond donors (Lipinski definition) is 0. The van der Waals surface area contributed by atoms with E-state index < -0.39 is 0 Å². The molecule has 0 aliphatic rings. The van der Waals surface area contributed by atoms with Gasteiger partial charge in [0.2, 0.25) is 0 Å². The summed E-state index contributed by atoms with van der Waals surface area (Å²) in [7, 11) is 0. The number of nitrogens with zero attached hydrogens (tertiary/aromatic N) is 1. The molecule has 0 bridgehead atoms. The zero-order valence-corrected chi connectivity index (χ0v) is 28.6. The Labute approximate surface area is 300 Å². The molecule has 2 heteroatoms. The van der Waals surface area contributed by atoms with Crippen LogP contribution in [0.5, 0.6) is 0 Å². The van der Waals surface area contributed by atoms with E-state index in [2.05, 4.69) is 188 Å². The Morgan fingerprint density at radius 3 is 1.53 bits per heavy atom. The molecule has 2 heterocycles. The third kappa shape index (κ3) is 4.95. The van der Waals surface area contributed by atoms with Crippen LogP contribution in [-0.2, 0) is 0 Å². The maximum atomic E-state index is 5.20. The van der Waals surface area contributed by atoms with E-state index in [1.165, 1.54) is 75.5 Å². The smallest absolute Gasteiger partial charge is 0.0787 e. The van der Waals surface area contributed by atoms with Gasteiger partial charge in [0, 0.05) is 42.4 Å². The number of benzene rings is 8. The molecule has 0 N–H and O–H groups in total. The van der Waals surface area contributed by atoms with Crippen LogP contribution in [0.4, 0.5) is 0 Å². The Bertz CT molecular complexity index is 2870. The van der Waals surface area contributed by atoms with Gasteiger partial charge >= 0.3 is 0 Å². The van der Waals surface area contributed by atoms with Gasteiger partial charge in [-0.25, -0.2) is 4.98 Å². The molecule has 0 atom stereocenters. The molecular weight excluding hydrogens is 635 g/mol. The van der Waals surface area contributed by atoms with Gasteiger partial charge in [-0.1, -0.05) is 182 Å². The summed E-state index contributed by atoms with van der Waals surface area (Å²) < 4.78 is 1.31. The van der Waals surface area contributed by atoms with E-state index >= 15 is 0 Å². The number of thiophene rings is 1. The van der Waals surface area contributed by atoms with E-state index in [-0.39, 0.29) is 0 Å². The molecule has 10 aromatic rings. The fraction of sp³-hybridized carbons (Fsp3) is 0. The summed E-state index contributed by atoms with van der Waals surface area (Å²) >= 11 is 1.91. The number of aromatic nitrogens is 1. The quantitative estimate of drug-likeness (QED) is 0.167. The number of fused-ring (bicyclic) bond motifs is 6. The second kappa shape index (κ2) is 12.2. The molecule has 0 unspecified atom stereocenters. The highest BCUT2D eigenvalue weighted by molar-refractivity contribution is 7.24. The van der Waals surface area contributed by atoms with Crippen molar-refractivity contribution in [2.24, 2.45) is 0 Å². The van der Waals surface area contributed by atoms with Gasteiger partial charge in [-0.05, 0) is 50.0 Å². The lowest BCUT2D eigenvalue weighted by Crippen LogP contribution is -1.90. The lowest BCUT2D eigenvalue weighted by molar-refractivity contribution is 1.41. The molecule has 51 heavy (non-hydrogen) atoms. The van der Waals surface area contributed by atoms with Gasteiger partial charge in [0.1, 0.15) is 0 Å². The third-order valence-electron chi connectivity index (χ3n) is 10.1. The first-order chi connectivity index (χ1) is 25.3. The molecule has 238 valence electrons. The minimum atomic E-state index is 0.981. The van der Waals surface area contributed by atoms with E-state index in [0.717, 1.165) is 22.2 Å². The first-order valence-electron chi connectivity index (χ1n) is 17.4. The molecule has 1 nitrogen and oxygen atoms in total.